The van der Waals surface area contributed by atoms with Gasteiger partial charge in [-0.05, 0) is 30.3 Å². The van der Waals surface area contributed by atoms with Crippen LogP contribution in [0.1, 0.15) is 0 Å². The summed E-state index contributed by atoms with van der Waals surface area (Å²) in [5.41, 5.74) is 4.18. The standard InChI is InChI=1S/C20H12ClN5/c21-14-10-11-16-15(12-14)19(13-6-2-1-3-7-13)23-20(22-16)26-24-17-8-4-5-9-18(17)25-26/h1-12H. The van der Waals surface area contributed by atoms with Gasteiger partial charge in [0.2, 0.25) is 0 Å². The summed E-state index contributed by atoms with van der Waals surface area (Å²) in [4.78, 5) is 10.9. The molecular formula is C20H12ClN5. The molecule has 6 heteroatoms. The Bertz CT molecular complexity index is 1210. The van der Waals surface area contributed by atoms with Crippen molar-refractivity contribution in [1.82, 2.24) is 25.0 Å². The predicted octanol–water partition coefficient (Wildman–Crippen LogP) is 4.68. The van der Waals surface area contributed by atoms with Crippen molar-refractivity contribution >= 4 is 33.5 Å². The molecule has 5 nitrogen and oxygen atoms in total. The summed E-state index contributed by atoms with van der Waals surface area (Å²) in [6, 6.07) is 23.2. The lowest BCUT2D eigenvalue weighted by atomic mass is 10.1. The highest BCUT2D eigenvalue weighted by molar-refractivity contribution is 6.31. The number of nitrogens with zero attached hydrogens (tertiary/aromatic N) is 5. The van der Waals surface area contributed by atoms with Crippen molar-refractivity contribution in [3.8, 4) is 17.2 Å². The van der Waals surface area contributed by atoms with Crippen molar-refractivity contribution in [3.05, 3.63) is 77.8 Å². The lowest BCUT2D eigenvalue weighted by Gasteiger charge is -2.08. The Labute approximate surface area is 153 Å². The van der Waals surface area contributed by atoms with E-state index in [2.05, 4.69) is 15.2 Å². The van der Waals surface area contributed by atoms with Crippen molar-refractivity contribution in [2.45, 2.75) is 0 Å². The summed E-state index contributed by atoms with van der Waals surface area (Å²) in [6.07, 6.45) is 0. The third kappa shape index (κ3) is 2.50. The second kappa shape index (κ2) is 5.89. The Hall–Kier alpha value is -3.31. The van der Waals surface area contributed by atoms with Crippen LogP contribution in [0, 0.1) is 0 Å². The average molecular weight is 358 g/mol. The Balaban J connectivity index is 1.80. The highest BCUT2D eigenvalue weighted by Gasteiger charge is 2.13. The Morgan fingerprint density at radius 2 is 1.38 bits per heavy atom. The van der Waals surface area contributed by atoms with Crippen molar-refractivity contribution in [1.29, 1.82) is 0 Å². The number of hydrogen-bond donors (Lipinski definition) is 0. The van der Waals surface area contributed by atoms with Crippen LogP contribution in [0.15, 0.2) is 72.8 Å². The summed E-state index contributed by atoms with van der Waals surface area (Å²) < 4.78 is 0. The molecule has 2 aromatic heterocycles. The normalized spacial score (nSPS) is 11.3. The maximum atomic E-state index is 6.20. The maximum Gasteiger partial charge on any atom is 0.269 e. The van der Waals surface area contributed by atoms with E-state index in [0.717, 1.165) is 33.2 Å². The molecule has 2 heterocycles. The smallest absolute Gasteiger partial charge is 0.210 e. The summed E-state index contributed by atoms with van der Waals surface area (Å²) in [5.74, 6) is 0.426. The number of benzene rings is 3. The first kappa shape index (κ1) is 15.0. The van der Waals surface area contributed by atoms with Gasteiger partial charge in [-0.3, -0.25) is 0 Å². The number of rotatable bonds is 2. The van der Waals surface area contributed by atoms with Crippen LogP contribution in [-0.2, 0) is 0 Å². The molecule has 0 radical (unpaired) electrons. The first-order valence-corrected chi connectivity index (χ1v) is 8.51. The maximum absolute atomic E-state index is 6.20. The van der Waals surface area contributed by atoms with E-state index in [0.29, 0.717) is 11.0 Å². The molecule has 0 fully saturated rings. The minimum Gasteiger partial charge on any atom is -0.210 e. The van der Waals surface area contributed by atoms with E-state index in [-0.39, 0.29) is 0 Å². The fraction of sp³-hybridized carbons (Fsp3) is 0. The number of halogens is 1. The van der Waals surface area contributed by atoms with Gasteiger partial charge >= 0.3 is 0 Å². The molecule has 5 rings (SSSR count). The molecule has 0 saturated carbocycles. The van der Waals surface area contributed by atoms with Gasteiger partial charge in [0.05, 0.1) is 11.2 Å². The quantitative estimate of drug-likeness (QED) is 0.460. The van der Waals surface area contributed by atoms with E-state index in [1.54, 1.807) is 0 Å². The fourth-order valence-electron chi connectivity index (χ4n) is 2.94. The topological polar surface area (TPSA) is 56.5 Å². The lowest BCUT2D eigenvalue weighted by Crippen LogP contribution is -2.06. The molecule has 0 amide bonds. The van der Waals surface area contributed by atoms with Crippen LogP contribution in [0.25, 0.3) is 39.1 Å². The summed E-state index contributed by atoms with van der Waals surface area (Å²) in [6.45, 7) is 0. The molecule has 3 aromatic carbocycles. The van der Waals surface area contributed by atoms with Gasteiger partial charge in [-0.2, -0.15) is 0 Å². The number of aromatic nitrogens is 5. The Morgan fingerprint density at radius 1 is 0.692 bits per heavy atom. The average Bonchev–Trinajstić information content (AvgIpc) is 3.12. The Kier molecular flexibility index (Phi) is 3.40. The monoisotopic (exact) mass is 357 g/mol. The van der Waals surface area contributed by atoms with Gasteiger partial charge in [-0.1, -0.05) is 54.1 Å². The molecule has 26 heavy (non-hydrogen) atoms. The molecule has 0 saturated heterocycles. The van der Waals surface area contributed by atoms with Gasteiger partial charge in [-0.15, -0.1) is 15.0 Å². The van der Waals surface area contributed by atoms with Crippen molar-refractivity contribution in [3.63, 3.8) is 0 Å². The molecule has 5 aromatic rings. The van der Waals surface area contributed by atoms with Gasteiger partial charge in [0.1, 0.15) is 11.0 Å². The molecule has 0 unspecified atom stereocenters. The molecule has 0 N–H and O–H groups in total. The van der Waals surface area contributed by atoms with Gasteiger partial charge in [0, 0.05) is 16.0 Å². The second-order valence-corrected chi connectivity index (χ2v) is 6.31. The van der Waals surface area contributed by atoms with Crippen LogP contribution in [0.3, 0.4) is 0 Å². The van der Waals surface area contributed by atoms with E-state index in [1.807, 2.05) is 72.8 Å². The highest BCUT2D eigenvalue weighted by atomic mass is 35.5. The van der Waals surface area contributed by atoms with Crippen LogP contribution in [-0.4, -0.2) is 25.0 Å². The zero-order valence-electron chi connectivity index (χ0n) is 13.5. The van der Waals surface area contributed by atoms with Crippen LogP contribution in [0.2, 0.25) is 5.02 Å². The molecule has 0 aliphatic carbocycles. The fourth-order valence-corrected chi connectivity index (χ4v) is 3.12. The van der Waals surface area contributed by atoms with E-state index >= 15 is 0 Å². The minimum absolute atomic E-state index is 0.426. The Morgan fingerprint density at radius 3 is 2.12 bits per heavy atom. The zero-order chi connectivity index (χ0) is 17.5. The predicted molar refractivity (Wildman–Crippen MR) is 102 cm³/mol. The molecular weight excluding hydrogens is 346 g/mol. The van der Waals surface area contributed by atoms with E-state index in [4.69, 9.17) is 16.6 Å². The molecule has 0 atom stereocenters. The number of fused-ring (bicyclic) bond motifs is 2. The highest BCUT2D eigenvalue weighted by Crippen LogP contribution is 2.29. The van der Waals surface area contributed by atoms with Crippen molar-refractivity contribution in [2.75, 3.05) is 0 Å². The summed E-state index contributed by atoms with van der Waals surface area (Å²) in [7, 11) is 0. The third-order valence-corrected chi connectivity index (χ3v) is 4.39. The largest absolute Gasteiger partial charge is 0.269 e. The number of hydrogen-bond acceptors (Lipinski definition) is 4. The molecule has 0 bridgehead atoms. The first-order valence-electron chi connectivity index (χ1n) is 8.13. The molecule has 124 valence electrons. The van der Waals surface area contributed by atoms with Crippen LogP contribution < -0.4 is 0 Å². The van der Waals surface area contributed by atoms with E-state index < -0.39 is 0 Å². The van der Waals surface area contributed by atoms with Crippen LogP contribution >= 0.6 is 11.6 Å². The van der Waals surface area contributed by atoms with Crippen LogP contribution in [0.5, 0.6) is 0 Å². The summed E-state index contributed by atoms with van der Waals surface area (Å²) in [5, 5.41) is 10.5. The zero-order valence-corrected chi connectivity index (χ0v) is 14.3. The van der Waals surface area contributed by atoms with E-state index in [1.165, 1.54) is 4.80 Å². The van der Waals surface area contributed by atoms with Gasteiger partial charge in [0.15, 0.2) is 0 Å². The minimum atomic E-state index is 0.426. The van der Waals surface area contributed by atoms with Gasteiger partial charge < -0.3 is 0 Å². The SMILES string of the molecule is Clc1ccc2nc(-n3nc4ccccc4n3)nc(-c3ccccc3)c2c1. The van der Waals surface area contributed by atoms with Crippen molar-refractivity contribution < 1.29 is 0 Å². The first-order chi connectivity index (χ1) is 12.8. The lowest BCUT2D eigenvalue weighted by molar-refractivity contribution is 0.720. The summed E-state index contributed by atoms with van der Waals surface area (Å²) >= 11 is 6.20. The molecule has 0 aliphatic rings. The molecule has 0 aliphatic heterocycles. The van der Waals surface area contributed by atoms with Gasteiger partial charge in [0.25, 0.3) is 5.95 Å². The van der Waals surface area contributed by atoms with Crippen LogP contribution in [0.4, 0.5) is 0 Å². The third-order valence-electron chi connectivity index (χ3n) is 4.16. The second-order valence-electron chi connectivity index (χ2n) is 5.88. The van der Waals surface area contributed by atoms with E-state index in [9.17, 15) is 0 Å². The van der Waals surface area contributed by atoms with Crippen molar-refractivity contribution in [2.24, 2.45) is 0 Å². The molecule has 0 spiro atoms. The van der Waals surface area contributed by atoms with Gasteiger partial charge in [-0.25, -0.2) is 9.97 Å².